The highest BCUT2D eigenvalue weighted by Gasteiger charge is 2.25. The van der Waals surface area contributed by atoms with Crippen molar-refractivity contribution in [2.45, 2.75) is 53.0 Å². The number of carbonyl (C=O) groups excluding carboxylic acids is 1. The molecule has 21 heavy (non-hydrogen) atoms. The molecule has 1 aliphatic rings. The highest BCUT2D eigenvalue weighted by atomic mass is 16.1. The summed E-state index contributed by atoms with van der Waals surface area (Å²) in [5.41, 5.74) is 1.97. The molecule has 0 saturated heterocycles. The normalized spacial score (nSPS) is 25.7. The van der Waals surface area contributed by atoms with Crippen LogP contribution >= 0.6 is 0 Å². The largest absolute Gasteiger partial charge is 0.382 e. The molecule has 0 bridgehead atoms. The standard InChI is InChI=1S/C18H28N2O/c1-12(2)18(21)20-16-7-5-6-15(11-16)19-17-9-8-13(3)10-14(17)4/h5-7,11-14,17,19H,8-10H2,1-4H3,(H,20,21). The van der Waals surface area contributed by atoms with Gasteiger partial charge >= 0.3 is 0 Å². The second kappa shape index (κ2) is 6.97. The first-order chi connectivity index (χ1) is 9.95. The molecule has 0 aromatic heterocycles. The van der Waals surface area contributed by atoms with Crippen LogP contribution in [-0.4, -0.2) is 11.9 Å². The van der Waals surface area contributed by atoms with Crippen LogP contribution in [0.15, 0.2) is 24.3 Å². The van der Waals surface area contributed by atoms with Crippen LogP contribution < -0.4 is 10.6 Å². The summed E-state index contributed by atoms with van der Waals surface area (Å²) >= 11 is 0. The van der Waals surface area contributed by atoms with E-state index in [1.54, 1.807) is 0 Å². The molecule has 3 nitrogen and oxygen atoms in total. The summed E-state index contributed by atoms with van der Waals surface area (Å²) in [6, 6.07) is 8.59. The smallest absolute Gasteiger partial charge is 0.226 e. The van der Waals surface area contributed by atoms with Gasteiger partial charge in [0.25, 0.3) is 0 Å². The van der Waals surface area contributed by atoms with Crippen molar-refractivity contribution in [3.05, 3.63) is 24.3 Å². The first-order valence-corrected chi connectivity index (χ1v) is 8.13. The molecule has 3 unspecified atom stereocenters. The van der Waals surface area contributed by atoms with E-state index in [2.05, 4.69) is 30.5 Å². The van der Waals surface area contributed by atoms with Gasteiger partial charge in [0.2, 0.25) is 5.91 Å². The summed E-state index contributed by atoms with van der Waals surface area (Å²) in [6.45, 7) is 8.48. The van der Waals surface area contributed by atoms with E-state index in [9.17, 15) is 4.79 Å². The molecule has 0 spiro atoms. The average Bonchev–Trinajstić information content (AvgIpc) is 2.42. The molecule has 0 radical (unpaired) electrons. The third kappa shape index (κ3) is 4.48. The topological polar surface area (TPSA) is 41.1 Å². The van der Waals surface area contributed by atoms with Crippen molar-refractivity contribution in [3.8, 4) is 0 Å². The van der Waals surface area contributed by atoms with Crippen LogP contribution in [-0.2, 0) is 4.79 Å². The Hall–Kier alpha value is -1.51. The predicted molar refractivity (Wildman–Crippen MR) is 89.5 cm³/mol. The van der Waals surface area contributed by atoms with Crippen molar-refractivity contribution in [1.82, 2.24) is 0 Å². The minimum Gasteiger partial charge on any atom is -0.382 e. The Morgan fingerprint density at radius 3 is 2.57 bits per heavy atom. The molecule has 3 atom stereocenters. The van der Waals surface area contributed by atoms with Crippen LogP contribution in [0, 0.1) is 17.8 Å². The van der Waals surface area contributed by atoms with Gasteiger partial charge in [0.05, 0.1) is 0 Å². The SMILES string of the molecule is CC1CCC(Nc2cccc(NC(=O)C(C)C)c2)C(C)C1. The zero-order chi connectivity index (χ0) is 15.4. The van der Waals surface area contributed by atoms with E-state index in [0.717, 1.165) is 17.3 Å². The number of anilines is 2. The molecule has 1 aliphatic carbocycles. The second-order valence-corrected chi connectivity index (χ2v) is 6.87. The summed E-state index contributed by atoms with van der Waals surface area (Å²) in [7, 11) is 0. The van der Waals surface area contributed by atoms with E-state index in [1.165, 1.54) is 19.3 Å². The third-order valence-corrected chi connectivity index (χ3v) is 4.44. The fourth-order valence-corrected chi connectivity index (χ4v) is 3.07. The van der Waals surface area contributed by atoms with Crippen LogP contribution in [0.1, 0.15) is 47.0 Å². The summed E-state index contributed by atoms with van der Waals surface area (Å²) in [5, 5.41) is 6.60. The minimum atomic E-state index is 0.00136. The number of hydrogen-bond donors (Lipinski definition) is 2. The van der Waals surface area contributed by atoms with E-state index in [-0.39, 0.29) is 11.8 Å². The monoisotopic (exact) mass is 288 g/mol. The zero-order valence-corrected chi connectivity index (χ0v) is 13.6. The van der Waals surface area contributed by atoms with Crippen LogP contribution in [0.5, 0.6) is 0 Å². The molecule has 0 aliphatic heterocycles. The summed E-state index contributed by atoms with van der Waals surface area (Å²) in [4.78, 5) is 11.8. The Balaban J connectivity index is 1.99. The summed E-state index contributed by atoms with van der Waals surface area (Å²) in [6.07, 6.45) is 3.82. The first-order valence-electron chi connectivity index (χ1n) is 8.13. The Bertz CT molecular complexity index is 484. The number of hydrogen-bond acceptors (Lipinski definition) is 2. The van der Waals surface area contributed by atoms with Crippen LogP contribution in [0.2, 0.25) is 0 Å². The maximum atomic E-state index is 11.8. The van der Waals surface area contributed by atoms with Crippen molar-refractivity contribution in [3.63, 3.8) is 0 Å². The maximum absolute atomic E-state index is 11.8. The second-order valence-electron chi connectivity index (χ2n) is 6.87. The van der Waals surface area contributed by atoms with Crippen molar-refractivity contribution < 1.29 is 4.79 Å². The van der Waals surface area contributed by atoms with Gasteiger partial charge in [-0.05, 0) is 49.3 Å². The van der Waals surface area contributed by atoms with Gasteiger partial charge in [0.1, 0.15) is 0 Å². The molecule has 1 amide bonds. The Kier molecular flexibility index (Phi) is 5.27. The lowest BCUT2D eigenvalue weighted by atomic mass is 9.80. The highest BCUT2D eigenvalue weighted by Crippen LogP contribution is 2.31. The zero-order valence-electron chi connectivity index (χ0n) is 13.6. The van der Waals surface area contributed by atoms with Gasteiger partial charge in [-0.25, -0.2) is 0 Å². The van der Waals surface area contributed by atoms with Crippen molar-refractivity contribution in [2.75, 3.05) is 10.6 Å². The lowest BCUT2D eigenvalue weighted by Gasteiger charge is -2.34. The number of carbonyl (C=O) groups is 1. The van der Waals surface area contributed by atoms with Gasteiger partial charge in [0, 0.05) is 23.3 Å². The third-order valence-electron chi connectivity index (χ3n) is 4.44. The molecular formula is C18H28N2O. The van der Waals surface area contributed by atoms with Gasteiger partial charge in [-0.1, -0.05) is 33.8 Å². The number of nitrogens with one attached hydrogen (secondary N) is 2. The van der Waals surface area contributed by atoms with Gasteiger partial charge in [-0.2, -0.15) is 0 Å². The quantitative estimate of drug-likeness (QED) is 0.855. The lowest BCUT2D eigenvalue weighted by molar-refractivity contribution is -0.118. The van der Waals surface area contributed by atoms with Gasteiger partial charge < -0.3 is 10.6 Å². The molecule has 2 rings (SSSR count). The van der Waals surface area contributed by atoms with Crippen LogP contribution in [0.3, 0.4) is 0 Å². The first kappa shape index (κ1) is 15.9. The molecule has 116 valence electrons. The van der Waals surface area contributed by atoms with Crippen molar-refractivity contribution in [1.29, 1.82) is 0 Å². The minimum absolute atomic E-state index is 0.00136. The molecule has 2 N–H and O–H groups in total. The Labute approximate surface area is 128 Å². The van der Waals surface area contributed by atoms with Crippen LogP contribution in [0.4, 0.5) is 11.4 Å². The van der Waals surface area contributed by atoms with Crippen molar-refractivity contribution in [2.24, 2.45) is 17.8 Å². The van der Waals surface area contributed by atoms with Crippen molar-refractivity contribution >= 4 is 17.3 Å². The van der Waals surface area contributed by atoms with E-state index in [0.29, 0.717) is 12.0 Å². The molecule has 3 heteroatoms. The fraction of sp³-hybridized carbons (Fsp3) is 0.611. The van der Waals surface area contributed by atoms with Gasteiger partial charge in [0.15, 0.2) is 0 Å². The molecule has 1 saturated carbocycles. The number of amides is 1. The highest BCUT2D eigenvalue weighted by molar-refractivity contribution is 5.92. The maximum Gasteiger partial charge on any atom is 0.226 e. The lowest BCUT2D eigenvalue weighted by Crippen LogP contribution is -2.33. The van der Waals surface area contributed by atoms with E-state index >= 15 is 0 Å². The Morgan fingerprint density at radius 2 is 1.90 bits per heavy atom. The molecule has 0 heterocycles. The predicted octanol–water partition coefficient (Wildman–Crippen LogP) is 4.52. The van der Waals surface area contributed by atoms with Gasteiger partial charge in [-0.3, -0.25) is 4.79 Å². The summed E-state index contributed by atoms with van der Waals surface area (Å²) < 4.78 is 0. The molecule has 1 aromatic rings. The van der Waals surface area contributed by atoms with E-state index < -0.39 is 0 Å². The van der Waals surface area contributed by atoms with E-state index in [4.69, 9.17) is 0 Å². The fourth-order valence-electron chi connectivity index (χ4n) is 3.07. The average molecular weight is 288 g/mol. The number of rotatable bonds is 4. The number of benzene rings is 1. The summed E-state index contributed by atoms with van der Waals surface area (Å²) in [5.74, 6) is 1.60. The van der Waals surface area contributed by atoms with E-state index in [1.807, 2.05) is 32.0 Å². The molecule has 1 fully saturated rings. The molecular weight excluding hydrogens is 260 g/mol. The molecule has 1 aromatic carbocycles. The Morgan fingerprint density at radius 1 is 1.19 bits per heavy atom. The van der Waals surface area contributed by atoms with Gasteiger partial charge in [-0.15, -0.1) is 0 Å². The van der Waals surface area contributed by atoms with Crippen LogP contribution in [0.25, 0.3) is 0 Å².